The van der Waals surface area contributed by atoms with Crippen LogP contribution in [0.25, 0.3) is 5.52 Å². The summed E-state index contributed by atoms with van der Waals surface area (Å²) in [5.74, 6) is 2.45. The van der Waals surface area contributed by atoms with Crippen molar-refractivity contribution in [1.82, 2.24) is 34.9 Å². The maximum atomic E-state index is 14.3. The summed E-state index contributed by atoms with van der Waals surface area (Å²) in [4.78, 5) is 18.1. The zero-order chi connectivity index (χ0) is 28.0. The number of thioether (sulfide) groups is 1. The zero-order valence-corrected chi connectivity index (χ0v) is 24.2. The van der Waals surface area contributed by atoms with E-state index < -0.39 is 11.7 Å². The molecular formula is C28H42F3N7OS. The van der Waals surface area contributed by atoms with Crippen molar-refractivity contribution in [1.29, 1.82) is 0 Å². The van der Waals surface area contributed by atoms with Crippen LogP contribution in [0, 0.1) is 17.8 Å². The van der Waals surface area contributed by atoms with Crippen molar-refractivity contribution in [2.24, 2.45) is 17.8 Å². The van der Waals surface area contributed by atoms with Gasteiger partial charge in [-0.3, -0.25) is 13.9 Å². The number of rotatable bonds is 8. The Morgan fingerprint density at radius 1 is 1.15 bits per heavy atom. The molecule has 0 aromatic carbocycles. The summed E-state index contributed by atoms with van der Waals surface area (Å²) in [6, 6.07) is 1.15. The average Bonchev–Trinajstić information content (AvgIpc) is 3.62. The summed E-state index contributed by atoms with van der Waals surface area (Å²) in [5.41, 5.74) is 6.13. The molecule has 2 aliphatic heterocycles. The summed E-state index contributed by atoms with van der Waals surface area (Å²) in [5, 5.41) is 3.72. The Bertz CT molecular complexity index is 1240. The molecule has 2 aromatic heterocycles. The standard InChI is InChI=1S/C28H42F3N7OS/c1-35(14-22-11-32-17-40-22)12-18-9-23(28(29,30)31)24-15-37(27(39)38(24)13-18)21-8-4-7-20(10-21)25(19-5-3-6-19)26-34-33-16-36(26)2/h9,13,15,19-22,25-26,32-34H,3-8,10-12,14,16-17H2,1-2H3/t20?,21?,22?,25-,26?/m1/s1. The predicted octanol–water partition coefficient (Wildman–Crippen LogP) is 3.68. The Kier molecular flexibility index (Phi) is 8.28. The number of hydrazine groups is 1. The highest BCUT2D eigenvalue weighted by Crippen LogP contribution is 2.47. The van der Waals surface area contributed by atoms with Gasteiger partial charge in [0.15, 0.2) is 0 Å². The van der Waals surface area contributed by atoms with E-state index in [1.54, 1.807) is 10.8 Å². The molecule has 0 bridgehead atoms. The van der Waals surface area contributed by atoms with Crippen LogP contribution in [0.1, 0.15) is 62.1 Å². The predicted molar refractivity (Wildman–Crippen MR) is 152 cm³/mol. The number of fused-ring (bicyclic) bond motifs is 1. The van der Waals surface area contributed by atoms with E-state index in [0.29, 0.717) is 35.1 Å². The van der Waals surface area contributed by atoms with E-state index in [4.69, 9.17) is 0 Å². The van der Waals surface area contributed by atoms with Gasteiger partial charge in [0.25, 0.3) is 0 Å². The number of hydrogen-bond donors (Lipinski definition) is 3. The van der Waals surface area contributed by atoms with Gasteiger partial charge in [0.2, 0.25) is 0 Å². The third-order valence-corrected chi connectivity index (χ3v) is 10.8. The van der Waals surface area contributed by atoms with Crippen LogP contribution in [0.15, 0.2) is 23.3 Å². The van der Waals surface area contributed by atoms with Gasteiger partial charge < -0.3 is 10.2 Å². The average molecular weight is 582 g/mol. The molecule has 6 rings (SSSR count). The van der Waals surface area contributed by atoms with Gasteiger partial charge >= 0.3 is 11.9 Å². The van der Waals surface area contributed by atoms with E-state index in [1.165, 1.54) is 35.9 Å². The maximum Gasteiger partial charge on any atom is 0.418 e. The molecule has 0 spiro atoms. The molecule has 0 radical (unpaired) electrons. The van der Waals surface area contributed by atoms with Crippen molar-refractivity contribution in [3.8, 4) is 0 Å². The first-order valence-corrected chi connectivity index (χ1v) is 15.8. The van der Waals surface area contributed by atoms with Crippen molar-refractivity contribution >= 4 is 17.3 Å². The van der Waals surface area contributed by atoms with E-state index >= 15 is 0 Å². The fraction of sp³-hybridized carbons (Fsp3) is 0.750. The van der Waals surface area contributed by atoms with E-state index in [-0.39, 0.29) is 23.4 Å². The second kappa shape index (κ2) is 11.6. The summed E-state index contributed by atoms with van der Waals surface area (Å²) >= 11 is 1.83. The minimum atomic E-state index is -4.54. The summed E-state index contributed by atoms with van der Waals surface area (Å²) in [6.07, 6.45) is 6.27. The first kappa shape index (κ1) is 28.5. The highest BCUT2D eigenvalue weighted by atomic mass is 32.2. The number of aromatic nitrogens is 2. The molecule has 0 amide bonds. The molecule has 4 heterocycles. The van der Waals surface area contributed by atoms with E-state index in [2.05, 4.69) is 28.1 Å². The maximum absolute atomic E-state index is 14.3. The highest BCUT2D eigenvalue weighted by molar-refractivity contribution is 8.00. The molecule has 2 saturated heterocycles. The molecule has 4 unspecified atom stereocenters. The number of pyridine rings is 1. The van der Waals surface area contributed by atoms with Gasteiger partial charge in [-0.2, -0.15) is 13.2 Å². The van der Waals surface area contributed by atoms with Crippen LogP contribution in [-0.2, 0) is 12.7 Å². The highest BCUT2D eigenvalue weighted by Gasteiger charge is 2.44. The Balaban J connectivity index is 1.28. The molecule has 2 saturated carbocycles. The van der Waals surface area contributed by atoms with Crippen LogP contribution < -0.4 is 21.9 Å². The third kappa shape index (κ3) is 5.72. The molecule has 222 valence electrons. The number of nitrogens with zero attached hydrogens (tertiary/aromatic N) is 4. The van der Waals surface area contributed by atoms with Gasteiger partial charge in [0, 0.05) is 49.2 Å². The quantitative estimate of drug-likeness (QED) is 0.440. The topological polar surface area (TPSA) is 69.0 Å². The molecule has 4 aliphatic rings. The Hall–Kier alpha value is -1.57. The van der Waals surface area contributed by atoms with Crippen molar-refractivity contribution in [3.05, 3.63) is 40.1 Å². The van der Waals surface area contributed by atoms with Crippen LogP contribution in [0.2, 0.25) is 0 Å². The Morgan fingerprint density at radius 2 is 1.93 bits per heavy atom. The lowest BCUT2D eigenvalue weighted by molar-refractivity contribution is -0.136. The fourth-order valence-corrected chi connectivity index (χ4v) is 8.60. The molecule has 2 aromatic rings. The number of halogens is 3. The lowest BCUT2D eigenvalue weighted by atomic mass is 9.65. The monoisotopic (exact) mass is 581 g/mol. The molecule has 2 aliphatic carbocycles. The minimum absolute atomic E-state index is 0.0430. The molecule has 4 fully saturated rings. The van der Waals surface area contributed by atoms with Gasteiger partial charge in [-0.25, -0.2) is 15.6 Å². The third-order valence-electron chi connectivity index (χ3n) is 9.65. The van der Waals surface area contributed by atoms with Crippen molar-refractivity contribution in [2.45, 2.75) is 75.1 Å². The van der Waals surface area contributed by atoms with E-state index in [9.17, 15) is 18.0 Å². The van der Waals surface area contributed by atoms with E-state index in [1.807, 2.05) is 23.7 Å². The first-order valence-electron chi connectivity index (χ1n) is 14.7. The Labute approximate surface area is 238 Å². The molecule has 8 nitrogen and oxygen atoms in total. The van der Waals surface area contributed by atoms with Crippen molar-refractivity contribution in [2.75, 3.05) is 39.7 Å². The second-order valence-electron chi connectivity index (χ2n) is 12.4. The van der Waals surface area contributed by atoms with E-state index in [0.717, 1.165) is 51.3 Å². The van der Waals surface area contributed by atoms with Gasteiger partial charge in [-0.05, 0) is 62.7 Å². The van der Waals surface area contributed by atoms with Gasteiger partial charge in [-0.1, -0.05) is 25.7 Å². The van der Waals surface area contributed by atoms with Crippen LogP contribution in [0.5, 0.6) is 0 Å². The van der Waals surface area contributed by atoms with Crippen LogP contribution >= 0.6 is 11.8 Å². The van der Waals surface area contributed by atoms with Gasteiger partial charge in [-0.15, -0.1) is 11.8 Å². The lowest BCUT2D eigenvalue weighted by Crippen LogP contribution is -2.50. The van der Waals surface area contributed by atoms with Crippen LogP contribution in [-0.4, -0.2) is 69.9 Å². The van der Waals surface area contributed by atoms with Crippen molar-refractivity contribution < 1.29 is 13.2 Å². The normalized spacial score (nSPS) is 29.4. The number of hydrogen-bond acceptors (Lipinski definition) is 7. The summed E-state index contributed by atoms with van der Waals surface area (Å²) in [7, 11) is 4.06. The largest absolute Gasteiger partial charge is 0.418 e. The second-order valence-corrected chi connectivity index (χ2v) is 13.7. The first-order chi connectivity index (χ1) is 19.2. The molecule has 12 heteroatoms. The molecule has 5 atom stereocenters. The number of nitrogens with one attached hydrogen (secondary N) is 3. The SMILES string of the molecule is CN(Cc1cc(C(F)(F)F)c2cn(C3CCCC([C@@H](C4CCC4)C4NNCN4C)C3)c(=O)n2c1)CC1CNCS1. The smallest absolute Gasteiger partial charge is 0.307 e. The minimum Gasteiger partial charge on any atom is -0.307 e. The number of imidazole rings is 1. The summed E-state index contributed by atoms with van der Waals surface area (Å²) < 4.78 is 45.7. The Morgan fingerprint density at radius 3 is 2.58 bits per heavy atom. The molecule has 3 N–H and O–H groups in total. The zero-order valence-electron chi connectivity index (χ0n) is 23.4. The van der Waals surface area contributed by atoms with Gasteiger partial charge in [0.1, 0.15) is 0 Å². The fourth-order valence-electron chi connectivity index (χ4n) is 7.54. The number of alkyl halides is 3. The van der Waals surface area contributed by atoms with Gasteiger partial charge in [0.05, 0.1) is 23.9 Å². The van der Waals surface area contributed by atoms with Crippen molar-refractivity contribution in [3.63, 3.8) is 0 Å². The molecular weight excluding hydrogens is 539 g/mol. The summed E-state index contributed by atoms with van der Waals surface area (Å²) in [6.45, 7) is 2.83. The van der Waals surface area contributed by atoms with Crippen LogP contribution in [0.3, 0.4) is 0 Å². The lowest BCUT2D eigenvalue weighted by Gasteiger charge is -2.46. The molecule has 40 heavy (non-hydrogen) atoms. The van der Waals surface area contributed by atoms with Crippen LogP contribution in [0.4, 0.5) is 13.2 Å².